The summed E-state index contributed by atoms with van der Waals surface area (Å²) in [6.45, 7) is 0. The zero-order valence-corrected chi connectivity index (χ0v) is 9.49. The Morgan fingerprint density at radius 3 is 2.94 bits per heavy atom. The molecule has 3 nitrogen and oxygen atoms in total. The van der Waals surface area contributed by atoms with Crippen molar-refractivity contribution in [2.45, 2.75) is 6.42 Å². The zero-order chi connectivity index (χ0) is 12.0. The predicted octanol–water partition coefficient (Wildman–Crippen LogP) is 2.79. The number of benzene rings is 1. The van der Waals surface area contributed by atoms with Gasteiger partial charge < -0.3 is 4.74 Å². The lowest BCUT2D eigenvalue weighted by molar-refractivity contribution is -0.139. The molecule has 0 heterocycles. The molecule has 0 fully saturated rings. The molecule has 0 aliphatic carbocycles. The zero-order valence-electron chi connectivity index (χ0n) is 8.74. The number of nitrogens with zero attached hydrogens (tertiary/aromatic N) is 1. The Bertz CT molecular complexity index is 461. The standard InChI is InChI=1S/C12H10ClNO2/c1-16-12(15)4-2-3-9-5-6-10(8-14)11(13)7-9/h2-3,5-7H,4H2,1H3. The maximum atomic E-state index is 10.8. The molecule has 0 spiro atoms. The fourth-order valence-corrected chi connectivity index (χ4v) is 1.33. The van der Waals surface area contributed by atoms with Crippen molar-refractivity contribution >= 4 is 23.6 Å². The van der Waals surface area contributed by atoms with Crippen molar-refractivity contribution < 1.29 is 9.53 Å². The van der Waals surface area contributed by atoms with Crippen molar-refractivity contribution in [3.63, 3.8) is 0 Å². The van der Waals surface area contributed by atoms with E-state index in [0.29, 0.717) is 10.6 Å². The molecule has 1 aromatic carbocycles. The first-order valence-electron chi connectivity index (χ1n) is 4.60. The molecule has 0 atom stereocenters. The molecule has 82 valence electrons. The van der Waals surface area contributed by atoms with Crippen LogP contribution in [0.25, 0.3) is 6.08 Å². The van der Waals surface area contributed by atoms with Gasteiger partial charge in [-0.2, -0.15) is 5.26 Å². The van der Waals surface area contributed by atoms with E-state index in [1.807, 2.05) is 6.07 Å². The van der Waals surface area contributed by atoms with Crippen LogP contribution in [0.5, 0.6) is 0 Å². The largest absolute Gasteiger partial charge is 0.469 e. The maximum Gasteiger partial charge on any atom is 0.309 e. The SMILES string of the molecule is COC(=O)CC=Cc1ccc(C#N)c(Cl)c1. The lowest BCUT2D eigenvalue weighted by Crippen LogP contribution is -1.96. The van der Waals surface area contributed by atoms with E-state index in [4.69, 9.17) is 16.9 Å². The van der Waals surface area contributed by atoms with Gasteiger partial charge in [0.2, 0.25) is 0 Å². The second-order valence-electron chi connectivity index (χ2n) is 3.03. The highest BCUT2D eigenvalue weighted by Gasteiger charge is 1.99. The first kappa shape index (κ1) is 12.3. The Labute approximate surface area is 98.9 Å². The van der Waals surface area contributed by atoms with Crippen LogP contribution >= 0.6 is 11.6 Å². The van der Waals surface area contributed by atoms with Crippen LogP contribution in [0.3, 0.4) is 0 Å². The molecule has 1 rings (SSSR count). The minimum atomic E-state index is -0.295. The first-order valence-corrected chi connectivity index (χ1v) is 4.98. The topological polar surface area (TPSA) is 50.1 Å². The number of hydrogen-bond donors (Lipinski definition) is 0. The predicted molar refractivity (Wildman–Crippen MR) is 61.8 cm³/mol. The lowest BCUT2D eigenvalue weighted by Gasteiger charge is -1.97. The number of halogens is 1. The Morgan fingerprint density at radius 1 is 1.62 bits per heavy atom. The number of methoxy groups -OCH3 is 1. The minimum Gasteiger partial charge on any atom is -0.469 e. The summed E-state index contributed by atoms with van der Waals surface area (Å²) >= 11 is 5.85. The third-order valence-electron chi connectivity index (χ3n) is 1.94. The third kappa shape index (κ3) is 3.41. The van der Waals surface area contributed by atoms with E-state index in [1.54, 1.807) is 30.4 Å². The maximum absolute atomic E-state index is 10.8. The Balaban J connectivity index is 2.72. The van der Waals surface area contributed by atoms with Crippen LogP contribution < -0.4 is 0 Å². The normalized spacial score (nSPS) is 10.1. The van der Waals surface area contributed by atoms with Gasteiger partial charge in [-0.3, -0.25) is 4.79 Å². The van der Waals surface area contributed by atoms with E-state index >= 15 is 0 Å². The molecule has 1 aromatic rings. The highest BCUT2D eigenvalue weighted by atomic mass is 35.5. The second-order valence-corrected chi connectivity index (χ2v) is 3.44. The molecule has 0 N–H and O–H groups in total. The van der Waals surface area contributed by atoms with Crippen molar-refractivity contribution in [3.05, 3.63) is 40.4 Å². The summed E-state index contributed by atoms with van der Waals surface area (Å²) in [4.78, 5) is 10.8. The van der Waals surface area contributed by atoms with Gasteiger partial charge in [0.25, 0.3) is 0 Å². The van der Waals surface area contributed by atoms with E-state index in [2.05, 4.69) is 4.74 Å². The number of carbonyl (C=O) groups is 1. The number of ether oxygens (including phenoxy) is 1. The molecule has 4 heteroatoms. The van der Waals surface area contributed by atoms with E-state index in [1.165, 1.54) is 7.11 Å². The fraction of sp³-hybridized carbons (Fsp3) is 0.167. The highest BCUT2D eigenvalue weighted by Crippen LogP contribution is 2.17. The van der Waals surface area contributed by atoms with Crippen LogP contribution in [0.4, 0.5) is 0 Å². The number of esters is 1. The molecule has 0 amide bonds. The number of hydrogen-bond acceptors (Lipinski definition) is 3. The summed E-state index contributed by atoms with van der Waals surface area (Å²) in [5, 5.41) is 9.08. The van der Waals surface area contributed by atoms with Crippen molar-refractivity contribution in [3.8, 4) is 6.07 Å². The van der Waals surface area contributed by atoms with Crippen LogP contribution in [-0.4, -0.2) is 13.1 Å². The summed E-state index contributed by atoms with van der Waals surface area (Å²) in [5.74, 6) is -0.295. The van der Waals surface area contributed by atoms with Gasteiger partial charge in [0.05, 0.1) is 24.1 Å². The van der Waals surface area contributed by atoms with Crippen molar-refractivity contribution in [2.24, 2.45) is 0 Å². The average molecular weight is 236 g/mol. The number of nitriles is 1. The van der Waals surface area contributed by atoms with Gasteiger partial charge in [-0.1, -0.05) is 29.8 Å². The van der Waals surface area contributed by atoms with Crippen molar-refractivity contribution in [1.29, 1.82) is 5.26 Å². The van der Waals surface area contributed by atoms with Gasteiger partial charge in [-0.25, -0.2) is 0 Å². The summed E-state index contributed by atoms with van der Waals surface area (Å²) in [6, 6.07) is 7.05. The summed E-state index contributed by atoms with van der Waals surface area (Å²) in [7, 11) is 1.34. The molecule has 0 saturated heterocycles. The van der Waals surface area contributed by atoms with Crippen LogP contribution in [0.15, 0.2) is 24.3 Å². The van der Waals surface area contributed by atoms with Gasteiger partial charge >= 0.3 is 5.97 Å². The molecule has 0 aliphatic rings. The quantitative estimate of drug-likeness (QED) is 0.757. The molecule has 0 aromatic heterocycles. The Kier molecular flexibility index (Phi) is 4.56. The van der Waals surface area contributed by atoms with E-state index < -0.39 is 0 Å². The van der Waals surface area contributed by atoms with Gasteiger partial charge in [-0.15, -0.1) is 0 Å². The Hall–Kier alpha value is -1.79. The first-order chi connectivity index (χ1) is 7.67. The number of rotatable bonds is 3. The molecule has 0 bridgehead atoms. The van der Waals surface area contributed by atoms with E-state index in [0.717, 1.165) is 5.56 Å². The molecular weight excluding hydrogens is 226 g/mol. The highest BCUT2D eigenvalue weighted by molar-refractivity contribution is 6.31. The minimum absolute atomic E-state index is 0.216. The Morgan fingerprint density at radius 2 is 2.38 bits per heavy atom. The molecular formula is C12H10ClNO2. The van der Waals surface area contributed by atoms with Gasteiger partial charge in [0.1, 0.15) is 6.07 Å². The third-order valence-corrected chi connectivity index (χ3v) is 2.25. The fourth-order valence-electron chi connectivity index (χ4n) is 1.10. The van der Waals surface area contributed by atoms with Gasteiger partial charge in [0, 0.05) is 0 Å². The average Bonchev–Trinajstić information content (AvgIpc) is 2.29. The van der Waals surface area contributed by atoms with Crippen LogP contribution in [0.2, 0.25) is 5.02 Å². The van der Waals surface area contributed by atoms with E-state index in [-0.39, 0.29) is 12.4 Å². The van der Waals surface area contributed by atoms with Crippen LogP contribution in [0.1, 0.15) is 17.5 Å². The monoisotopic (exact) mass is 235 g/mol. The van der Waals surface area contributed by atoms with Crippen LogP contribution in [0, 0.1) is 11.3 Å². The van der Waals surface area contributed by atoms with Gasteiger partial charge in [-0.05, 0) is 17.7 Å². The molecule has 0 unspecified atom stereocenters. The summed E-state index contributed by atoms with van der Waals surface area (Å²) in [5.41, 5.74) is 1.28. The molecule has 16 heavy (non-hydrogen) atoms. The summed E-state index contributed by atoms with van der Waals surface area (Å²) in [6.07, 6.45) is 3.65. The molecule has 0 saturated carbocycles. The smallest absolute Gasteiger partial charge is 0.309 e. The molecule has 0 aliphatic heterocycles. The number of carbonyl (C=O) groups excluding carboxylic acids is 1. The van der Waals surface area contributed by atoms with E-state index in [9.17, 15) is 4.79 Å². The molecule has 0 radical (unpaired) electrons. The lowest BCUT2D eigenvalue weighted by atomic mass is 10.1. The van der Waals surface area contributed by atoms with Crippen molar-refractivity contribution in [2.75, 3.05) is 7.11 Å². The second kappa shape index (κ2) is 5.94. The van der Waals surface area contributed by atoms with Gasteiger partial charge in [0.15, 0.2) is 0 Å². The summed E-state index contributed by atoms with van der Waals surface area (Å²) < 4.78 is 4.49. The van der Waals surface area contributed by atoms with Crippen molar-refractivity contribution in [1.82, 2.24) is 0 Å². The van der Waals surface area contributed by atoms with Crippen LogP contribution in [-0.2, 0) is 9.53 Å².